The fourth-order valence-electron chi connectivity index (χ4n) is 2.51. The largest absolute Gasteiger partial charge is 0.496 e. The van der Waals surface area contributed by atoms with E-state index in [1.165, 1.54) is 12.1 Å². The molecule has 0 bridgehead atoms. The van der Waals surface area contributed by atoms with Crippen LogP contribution in [0.1, 0.15) is 12.0 Å². The molecule has 1 aromatic rings. The van der Waals surface area contributed by atoms with Gasteiger partial charge in [-0.2, -0.15) is 0 Å². The third kappa shape index (κ3) is 4.68. The summed E-state index contributed by atoms with van der Waals surface area (Å²) in [6, 6.07) is 4.60. The zero-order chi connectivity index (χ0) is 15.2. The fraction of sp³-hybridized carbons (Fsp3) is 0.533. The highest BCUT2D eigenvalue weighted by molar-refractivity contribution is 5.66. The number of methoxy groups -OCH3 is 1. The quantitative estimate of drug-likeness (QED) is 0.860. The van der Waals surface area contributed by atoms with E-state index in [1.807, 2.05) is 0 Å². The minimum Gasteiger partial charge on any atom is -0.496 e. The van der Waals surface area contributed by atoms with Gasteiger partial charge in [-0.3, -0.25) is 9.69 Å². The summed E-state index contributed by atoms with van der Waals surface area (Å²) >= 11 is 0. The number of carboxylic acid groups (broad SMARTS) is 1. The van der Waals surface area contributed by atoms with Crippen molar-refractivity contribution in [2.75, 3.05) is 39.8 Å². The Bertz CT molecular complexity index is 488. The first-order valence-electron chi connectivity index (χ1n) is 7.07. The predicted molar refractivity (Wildman–Crippen MR) is 76.9 cm³/mol. The summed E-state index contributed by atoms with van der Waals surface area (Å²) in [7, 11) is 1.54. The van der Waals surface area contributed by atoms with Crippen molar-refractivity contribution in [3.05, 3.63) is 29.6 Å². The van der Waals surface area contributed by atoms with Gasteiger partial charge in [-0.05, 0) is 6.07 Å². The molecule has 0 spiro atoms. The number of benzene rings is 1. The lowest BCUT2D eigenvalue weighted by atomic mass is 10.1. The van der Waals surface area contributed by atoms with Gasteiger partial charge in [0.1, 0.15) is 11.6 Å². The minimum absolute atomic E-state index is 0.186. The molecule has 1 saturated heterocycles. The molecule has 1 aliphatic heterocycles. The van der Waals surface area contributed by atoms with Gasteiger partial charge in [0.15, 0.2) is 0 Å². The average molecular weight is 296 g/mol. The van der Waals surface area contributed by atoms with Crippen LogP contribution >= 0.6 is 0 Å². The molecule has 1 aliphatic rings. The Morgan fingerprint density at radius 3 is 2.57 bits per heavy atom. The van der Waals surface area contributed by atoms with Crippen molar-refractivity contribution in [1.29, 1.82) is 0 Å². The summed E-state index contributed by atoms with van der Waals surface area (Å²) in [6.45, 7) is 4.78. The van der Waals surface area contributed by atoms with Crippen molar-refractivity contribution in [3.63, 3.8) is 0 Å². The van der Waals surface area contributed by atoms with E-state index in [9.17, 15) is 9.18 Å². The number of carbonyl (C=O) groups is 1. The molecular weight excluding hydrogens is 275 g/mol. The van der Waals surface area contributed by atoms with E-state index in [-0.39, 0.29) is 12.2 Å². The second-order valence-electron chi connectivity index (χ2n) is 5.22. The van der Waals surface area contributed by atoms with Crippen molar-refractivity contribution in [2.24, 2.45) is 0 Å². The maximum absolute atomic E-state index is 13.2. The van der Waals surface area contributed by atoms with E-state index < -0.39 is 5.97 Å². The van der Waals surface area contributed by atoms with Crippen molar-refractivity contribution in [2.45, 2.75) is 13.0 Å². The highest BCUT2D eigenvalue weighted by Crippen LogP contribution is 2.21. The lowest BCUT2D eigenvalue weighted by molar-refractivity contribution is -0.137. The molecule has 2 rings (SSSR count). The van der Waals surface area contributed by atoms with E-state index >= 15 is 0 Å². The van der Waals surface area contributed by atoms with E-state index in [0.29, 0.717) is 12.3 Å². The standard InChI is InChI=1S/C15H21FN2O3/c1-21-14-10-13(16)3-2-12(14)11-18-8-6-17(7-9-18)5-4-15(19)20/h2-3,10H,4-9,11H2,1H3,(H,19,20). The number of hydrogen-bond acceptors (Lipinski definition) is 4. The van der Waals surface area contributed by atoms with Gasteiger partial charge in [0.2, 0.25) is 0 Å². The van der Waals surface area contributed by atoms with Gasteiger partial charge in [0.25, 0.3) is 0 Å². The van der Waals surface area contributed by atoms with Crippen LogP contribution in [0.25, 0.3) is 0 Å². The van der Waals surface area contributed by atoms with Crippen LogP contribution < -0.4 is 4.74 Å². The predicted octanol–water partition coefficient (Wildman–Crippen LogP) is 1.43. The molecule has 0 aliphatic carbocycles. The fourth-order valence-corrected chi connectivity index (χ4v) is 2.51. The molecule has 1 fully saturated rings. The van der Waals surface area contributed by atoms with Gasteiger partial charge in [0.05, 0.1) is 13.5 Å². The number of aliphatic carboxylic acids is 1. The molecule has 1 aromatic carbocycles. The summed E-state index contributed by atoms with van der Waals surface area (Å²) < 4.78 is 18.4. The van der Waals surface area contributed by atoms with E-state index in [0.717, 1.165) is 38.3 Å². The molecule has 0 saturated carbocycles. The summed E-state index contributed by atoms with van der Waals surface area (Å²) in [5.74, 6) is -0.481. The van der Waals surface area contributed by atoms with Crippen molar-refractivity contribution in [3.8, 4) is 5.75 Å². The molecule has 21 heavy (non-hydrogen) atoms. The first-order valence-corrected chi connectivity index (χ1v) is 7.07. The summed E-state index contributed by atoms with van der Waals surface area (Å²) in [4.78, 5) is 15.0. The molecule has 0 atom stereocenters. The van der Waals surface area contributed by atoms with Crippen LogP contribution in [0.2, 0.25) is 0 Å². The molecule has 0 aromatic heterocycles. The second kappa shape index (κ2) is 7.38. The smallest absolute Gasteiger partial charge is 0.304 e. The van der Waals surface area contributed by atoms with Crippen LogP contribution in [0.15, 0.2) is 18.2 Å². The van der Waals surface area contributed by atoms with Gasteiger partial charge in [-0.25, -0.2) is 4.39 Å². The topological polar surface area (TPSA) is 53.0 Å². The third-order valence-corrected chi connectivity index (χ3v) is 3.75. The van der Waals surface area contributed by atoms with Crippen molar-refractivity contribution >= 4 is 5.97 Å². The molecular formula is C15H21FN2O3. The van der Waals surface area contributed by atoms with Crippen molar-refractivity contribution in [1.82, 2.24) is 9.80 Å². The first-order chi connectivity index (χ1) is 10.1. The highest BCUT2D eigenvalue weighted by Gasteiger charge is 2.18. The monoisotopic (exact) mass is 296 g/mol. The highest BCUT2D eigenvalue weighted by atomic mass is 19.1. The van der Waals surface area contributed by atoms with Crippen LogP contribution in [0, 0.1) is 5.82 Å². The van der Waals surface area contributed by atoms with Gasteiger partial charge >= 0.3 is 5.97 Å². The van der Waals surface area contributed by atoms with Gasteiger partial charge in [-0.1, -0.05) is 6.07 Å². The SMILES string of the molecule is COc1cc(F)ccc1CN1CCN(CCC(=O)O)CC1. The first kappa shape index (κ1) is 15.7. The van der Waals surface area contributed by atoms with Crippen LogP contribution in [-0.2, 0) is 11.3 Å². The maximum Gasteiger partial charge on any atom is 0.304 e. The van der Waals surface area contributed by atoms with Crippen molar-refractivity contribution < 1.29 is 19.0 Å². The zero-order valence-electron chi connectivity index (χ0n) is 12.2. The average Bonchev–Trinajstić information content (AvgIpc) is 2.48. The van der Waals surface area contributed by atoms with E-state index in [2.05, 4.69) is 9.80 Å². The lowest BCUT2D eigenvalue weighted by Crippen LogP contribution is -2.46. The summed E-state index contributed by atoms with van der Waals surface area (Å²) in [5, 5.41) is 8.69. The van der Waals surface area contributed by atoms with E-state index in [4.69, 9.17) is 9.84 Å². The molecule has 0 radical (unpaired) electrons. The Morgan fingerprint density at radius 1 is 1.29 bits per heavy atom. The van der Waals surface area contributed by atoms with Crippen LogP contribution in [0.5, 0.6) is 5.75 Å². The molecule has 1 N–H and O–H groups in total. The number of carboxylic acids is 1. The number of nitrogens with zero attached hydrogens (tertiary/aromatic N) is 2. The molecule has 5 nitrogen and oxygen atoms in total. The maximum atomic E-state index is 13.2. The van der Waals surface area contributed by atoms with Gasteiger partial charge in [0, 0.05) is 50.9 Å². The molecule has 0 amide bonds. The molecule has 0 unspecified atom stereocenters. The zero-order valence-corrected chi connectivity index (χ0v) is 12.2. The number of hydrogen-bond donors (Lipinski definition) is 1. The Labute approximate surface area is 123 Å². The third-order valence-electron chi connectivity index (χ3n) is 3.75. The number of piperazine rings is 1. The Kier molecular flexibility index (Phi) is 5.52. The number of rotatable bonds is 6. The normalized spacial score (nSPS) is 16.9. The number of halogens is 1. The van der Waals surface area contributed by atoms with Crippen LogP contribution in [0.4, 0.5) is 4.39 Å². The Morgan fingerprint density at radius 2 is 1.95 bits per heavy atom. The lowest BCUT2D eigenvalue weighted by Gasteiger charge is -2.34. The second-order valence-corrected chi connectivity index (χ2v) is 5.22. The Hall–Kier alpha value is -1.66. The molecule has 116 valence electrons. The minimum atomic E-state index is -0.756. The van der Waals surface area contributed by atoms with Crippen LogP contribution in [-0.4, -0.2) is 60.7 Å². The van der Waals surface area contributed by atoms with Gasteiger partial charge < -0.3 is 14.7 Å². The van der Waals surface area contributed by atoms with Crippen LogP contribution in [0.3, 0.4) is 0 Å². The summed E-state index contributed by atoms with van der Waals surface area (Å²) in [5.41, 5.74) is 0.970. The Balaban J connectivity index is 1.85. The van der Waals surface area contributed by atoms with E-state index in [1.54, 1.807) is 13.2 Å². The van der Waals surface area contributed by atoms with Gasteiger partial charge in [-0.15, -0.1) is 0 Å². The number of ether oxygens (including phenoxy) is 1. The summed E-state index contributed by atoms with van der Waals surface area (Å²) in [6.07, 6.45) is 0.186. The molecule has 6 heteroatoms. The molecule has 1 heterocycles.